The molecule has 2 unspecified atom stereocenters. The minimum Gasteiger partial charge on any atom is -0.347 e. The number of amides is 1. The van der Waals surface area contributed by atoms with Gasteiger partial charge in [0.2, 0.25) is 5.91 Å². The highest BCUT2D eigenvalue weighted by atomic mass is 16.7. The Morgan fingerprint density at radius 1 is 1.05 bits per heavy atom. The van der Waals surface area contributed by atoms with Crippen LogP contribution in [0.5, 0.6) is 0 Å². The van der Waals surface area contributed by atoms with Gasteiger partial charge in [0, 0.05) is 20.5 Å². The van der Waals surface area contributed by atoms with Crippen molar-refractivity contribution < 1.29 is 9.63 Å². The van der Waals surface area contributed by atoms with E-state index in [2.05, 4.69) is 0 Å². The van der Waals surface area contributed by atoms with Crippen molar-refractivity contribution in [2.45, 2.75) is 18.6 Å². The molecule has 1 aliphatic heterocycles. The summed E-state index contributed by atoms with van der Waals surface area (Å²) in [6, 6.07) is 19.5. The minimum absolute atomic E-state index is 0.0577. The van der Waals surface area contributed by atoms with Crippen molar-refractivity contribution >= 4 is 11.6 Å². The van der Waals surface area contributed by atoms with Gasteiger partial charge in [-0.15, -0.1) is 0 Å². The third-order valence-electron chi connectivity index (χ3n) is 3.87. The van der Waals surface area contributed by atoms with Gasteiger partial charge in [0.05, 0.1) is 5.69 Å². The van der Waals surface area contributed by atoms with E-state index in [1.54, 1.807) is 24.1 Å². The zero-order chi connectivity index (χ0) is 15.5. The first-order valence-electron chi connectivity index (χ1n) is 7.44. The van der Waals surface area contributed by atoms with Crippen LogP contribution in [0.25, 0.3) is 0 Å². The van der Waals surface area contributed by atoms with E-state index in [4.69, 9.17) is 4.84 Å². The Morgan fingerprint density at radius 2 is 1.64 bits per heavy atom. The Hall–Kier alpha value is -2.33. The van der Waals surface area contributed by atoms with Crippen LogP contribution in [0, 0.1) is 0 Å². The van der Waals surface area contributed by atoms with Gasteiger partial charge in [-0.2, -0.15) is 0 Å². The SMILES string of the molecule is CN(C)C(=O)C1CC(c2ccccc2)ON1c1ccccc1. The van der Waals surface area contributed by atoms with Crippen molar-refractivity contribution in [2.24, 2.45) is 0 Å². The maximum atomic E-state index is 12.5. The lowest BCUT2D eigenvalue weighted by atomic mass is 10.0. The topological polar surface area (TPSA) is 32.8 Å². The monoisotopic (exact) mass is 296 g/mol. The third kappa shape index (κ3) is 2.83. The highest BCUT2D eigenvalue weighted by molar-refractivity contribution is 5.85. The van der Waals surface area contributed by atoms with Crippen molar-refractivity contribution in [2.75, 3.05) is 19.2 Å². The van der Waals surface area contributed by atoms with Gasteiger partial charge in [0.15, 0.2) is 0 Å². The molecule has 1 heterocycles. The highest BCUT2D eigenvalue weighted by Gasteiger charge is 2.39. The fourth-order valence-electron chi connectivity index (χ4n) is 2.73. The number of hydroxylamine groups is 1. The van der Waals surface area contributed by atoms with Crippen molar-refractivity contribution in [1.29, 1.82) is 0 Å². The summed E-state index contributed by atoms with van der Waals surface area (Å²) in [5.74, 6) is 0.0577. The van der Waals surface area contributed by atoms with Gasteiger partial charge < -0.3 is 4.90 Å². The molecule has 0 radical (unpaired) electrons. The molecule has 2 aromatic carbocycles. The second-order valence-electron chi connectivity index (χ2n) is 5.65. The Bertz CT molecular complexity index is 628. The van der Waals surface area contributed by atoms with Gasteiger partial charge in [-0.1, -0.05) is 48.5 Å². The summed E-state index contributed by atoms with van der Waals surface area (Å²) < 4.78 is 0. The third-order valence-corrected chi connectivity index (χ3v) is 3.87. The van der Waals surface area contributed by atoms with Gasteiger partial charge >= 0.3 is 0 Å². The molecule has 0 saturated carbocycles. The predicted molar refractivity (Wildman–Crippen MR) is 86.3 cm³/mol. The number of para-hydroxylation sites is 1. The molecule has 0 aromatic heterocycles. The van der Waals surface area contributed by atoms with E-state index in [9.17, 15) is 4.79 Å². The quantitative estimate of drug-likeness (QED) is 0.873. The molecule has 2 aromatic rings. The average Bonchev–Trinajstić information content (AvgIpc) is 3.01. The van der Waals surface area contributed by atoms with E-state index < -0.39 is 0 Å². The number of likely N-dealkylation sites (N-methyl/N-ethyl adjacent to an activating group) is 1. The number of benzene rings is 2. The number of anilines is 1. The smallest absolute Gasteiger partial charge is 0.247 e. The molecule has 2 atom stereocenters. The summed E-state index contributed by atoms with van der Waals surface area (Å²) in [5, 5.41) is 1.75. The zero-order valence-electron chi connectivity index (χ0n) is 12.8. The summed E-state index contributed by atoms with van der Waals surface area (Å²) in [4.78, 5) is 20.2. The molecule has 1 aliphatic rings. The summed E-state index contributed by atoms with van der Waals surface area (Å²) in [6.45, 7) is 0. The standard InChI is InChI=1S/C18H20N2O2/c1-19(2)18(21)16-13-17(14-9-5-3-6-10-14)22-20(16)15-11-7-4-8-12-15/h3-12,16-17H,13H2,1-2H3. The van der Waals surface area contributed by atoms with Gasteiger partial charge in [0.1, 0.15) is 12.1 Å². The molecule has 3 rings (SSSR count). The normalized spacial score (nSPS) is 20.9. The van der Waals surface area contributed by atoms with Crippen LogP contribution in [-0.4, -0.2) is 30.9 Å². The second-order valence-corrected chi connectivity index (χ2v) is 5.65. The number of hydrogen-bond donors (Lipinski definition) is 0. The first-order chi connectivity index (χ1) is 10.7. The fraction of sp³-hybridized carbons (Fsp3) is 0.278. The van der Waals surface area contributed by atoms with E-state index in [1.807, 2.05) is 60.7 Å². The maximum absolute atomic E-state index is 12.5. The maximum Gasteiger partial charge on any atom is 0.247 e. The molecule has 0 aliphatic carbocycles. The molecular formula is C18H20N2O2. The van der Waals surface area contributed by atoms with E-state index in [-0.39, 0.29) is 18.1 Å². The Morgan fingerprint density at radius 3 is 2.23 bits per heavy atom. The molecular weight excluding hydrogens is 276 g/mol. The van der Waals surface area contributed by atoms with Crippen LogP contribution >= 0.6 is 0 Å². The van der Waals surface area contributed by atoms with E-state index in [0.29, 0.717) is 6.42 Å². The van der Waals surface area contributed by atoms with Crippen LogP contribution in [0.3, 0.4) is 0 Å². The first-order valence-corrected chi connectivity index (χ1v) is 7.44. The van der Waals surface area contributed by atoms with Gasteiger partial charge in [-0.25, -0.2) is 5.06 Å². The molecule has 0 bridgehead atoms. The van der Waals surface area contributed by atoms with Crippen LogP contribution < -0.4 is 5.06 Å². The molecule has 22 heavy (non-hydrogen) atoms. The number of nitrogens with zero attached hydrogens (tertiary/aromatic N) is 2. The molecule has 1 saturated heterocycles. The van der Waals surface area contributed by atoms with Crippen molar-refractivity contribution in [3.8, 4) is 0 Å². The van der Waals surface area contributed by atoms with Crippen molar-refractivity contribution in [3.63, 3.8) is 0 Å². The lowest BCUT2D eigenvalue weighted by molar-refractivity contribution is -0.130. The van der Waals surface area contributed by atoms with Gasteiger partial charge in [-0.05, 0) is 17.7 Å². The van der Waals surface area contributed by atoms with E-state index >= 15 is 0 Å². The lowest BCUT2D eigenvalue weighted by Crippen LogP contribution is -2.42. The van der Waals surface area contributed by atoms with Crippen LogP contribution in [0.1, 0.15) is 18.1 Å². The molecule has 0 N–H and O–H groups in total. The summed E-state index contributed by atoms with van der Waals surface area (Å²) in [7, 11) is 3.56. The van der Waals surface area contributed by atoms with E-state index in [0.717, 1.165) is 11.3 Å². The van der Waals surface area contributed by atoms with E-state index in [1.165, 1.54) is 0 Å². The summed E-state index contributed by atoms with van der Waals surface area (Å²) in [5.41, 5.74) is 2.00. The van der Waals surface area contributed by atoms with Crippen LogP contribution in [-0.2, 0) is 9.63 Å². The number of rotatable bonds is 3. The molecule has 114 valence electrons. The molecule has 1 fully saturated rings. The second kappa shape index (κ2) is 6.20. The van der Waals surface area contributed by atoms with Crippen LogP contribution in [0.2, 0.25) is 0 Å². The van der Waals surface area contributed by atoms with Gasteiger partial charge in [-0.3, -0.25) is 9.63 Å². The molecule has 4 nitrogen and oxygen atoms in total. The van der Waals surface area contributed by atoms with Gasteiger partial charge in [0.25, 0.3) is 0 Å². The molecule has 0 spiro atoms. The largest absolute Gasteiger partial charge is 0.347 e. The summed E-state index contributed by atoms with van der Waals surface area (Å²) in [6.07, 6.45) is 0.547. The number of carbonyl (C=O) groups is 1. The van der Waals surface area contributed by atoms with Crippen molar-refractivity contribution in [1.82, 2.24) is 4.90 Å². The number of hydrogen-bond acceptors (Lipinski definition) is 3. The van der Waals surface area contributed by atoms with Crippen molar-refractivity contribution in [3.05, 3.63) is 66.2 Å². The van der Waals surface area contributed by atoms with Crippen LogP contribution in [0.15, 0.2) is 60.7 Å². The Balaban J connectivity index is 1.90. The Kier molecular flexibility index (Phi) is 4.11. The minimum atomic E-state index is -0.303. The fourth-order valence-corrected chi connectivity index (χ4v) is 2.73. The zero-order valence-corrected chi connectivity index (χ0v) is 12.8. The van der Waals surface area contributed by atoms with Crippen LogP contribution in [0.4, 0.5) is 5.69 Å². The molecule has 1 amide bonds. The lowest BCUT2D eigenvalue weighted by Gasteiger charge is -2.26. The first kappa shape index (κ1) is 14.6. The predicted octanol–water partition coefficient (Wildman–Crippen LogP) is 3.03. The molecule has 4 heteroatoms. The summed E-state index contributed by atoms with van der Waals surface area (Å²) >= 11 is 0. The number of carbonyl (C=O) groups excluding carboxylic acids is 1. The highest BCUT2D eigenvalue weighted by Crippen LogP contribution is 2.36. The Labute approximate surface area is 130 Å². The average molecular weight is 296 g/mol.